The second-order valence-corrected chi connectivity index (χ2v) is 6.80. The predicted octanol–water partition coefficient (Wildman–Crippen LogP) is 1.90. The summed E-state index contributed by atoms with van der Waals surface area (Å²) >= 11 is 0. The first kappa shape index (κ1) is 14.8. The lowest BCUT2D eigenvalue weighted by atomic mass is 9.79. The Bertz CT molecular complexity index is 419. The number of hydrogen-bond donors (Lipinski definition) is 1. The van der Waals surface area contributed by atoms with Crippen LogP contribution in [0.2, 0.25) is 0 Å². The van der Waals surface area contributed by atoms with Gasteiger partial charge in [-0.25, -0.2) is 4.79 Å². The van der Waals surface area contributed by atoms with Crippen LogP contribution in [0.4, 0.5) is 0 Å². The van der Waals surface area contributed by atoms with Gasteiger partial charge in [0.25, 0.3) is 0 Å². The van der Waals surface area contributed by atoms with Gasteiger partial charge < -0.3 is 14.7 Å². The number of fused-ring (bicyclic) bond motifs is 1. The van der Waals surface area contributed by atoms with Crippen LogP contribution >= 0.6 is 0 Å². The van der Waals surface area contributed by atoms with Crippen LogP contribution in [0, 0.1) is 17.8 Å². The van der Waals surface area contributed by atoms with Gasteiger partial charge in [-0.1, -0.05) is 6.42 Å². The highest BCUT2D eigenvalue weighted by atomic mass is 16.5. The van der Waals surface area contributed by atoms with Crippen LogP contribution in [0.25, 0.3) is 0 Å². The normalized spacial score (nSPS) is 38.1. The van der Waals surface area contributed by atoms with E-state index in [4.69, 9.17) is 4.74 Å². The van der Waals surface area contributed by atoms with E-state index in [1.807, 2.05) is 6.92 Å². The average Bonchev–Trinajstić information content (AvgIpc) is 2.95. The quantitative estimate of drug-likeness (QED) is 0.841. The van der Waals surface area contributed by atoms with Gasteiger partial charge in [-0.3, -0.25) is 4.79 Å². The van der Waals surface area contributed by atoms with Crippen molar-refractivity contribution in [2.75, 3.05) is 13.2 Å². The van der Waals surface area contributed by atoms with Crippen molar-refractivity contribution < 1.29 is 19.4 Å². The van der Waals surface area contributed by atoms with Gasteiger partial charge in [0.2, 0.25) is 5.91 Å². The third kappa shape index (κ3) is 2.80. The van der Waals surface area contributed by atoms with Gasteiger partial charge in [0.1, 0.15) is 6.04 Å². The van der Waals surface area contributed by atoms with Gasteiger partial charge in [0.15, 0.2) is 0 Å². The highest BCUT2D eigenvalue weighted by Gasteiger charge is 2.49. The maximum absolute atomic E-state index is 12.5. The molecule has 3 rings (SSSR count). The number of carbonyl (C=O) groups excluding carboxylic acids is 1. The van der Waals surface area contributed by atoms with Crippen molar-refractivity contribution in [3.63, 3.8) is 0 Å². The fraction of sp³-hybridized carbons (Fsp3) is 0.875. The smallest absolute Gasteiger partial charge is 0.326 e. The largest absolute Gasteiger partial charge is 0.480 e. The molecule has 3 aliphatic rings. The Morgan fingerprint density at radius 1 is 1.29 bits per heavy atom. The lowest BCUT2D eigenvalue weighted by Crippen LogP contribution is -2.45. The number of amides is 1. The van der Waals surface area contributed by atoms with E-state index in [2.05, 4.69) is 0 Å². The molecule has 118 valence electrons. The molecule has 0 bridgehead atoms. The Morgan fingerprint density at radius 3 is 2.71 bits per heavy atom. The first-order valence-electron chi connectivity index (χ1n) is 8.24. The minimum Gasteiger partial charge on any atom is -0.480 e. The van der Waals surface area contributed by atoms with Crippen molar-refractivity contribution in [2.24, 2.45) is 17.8 Å². The molecule has 0 aromatic carbocycles. The van der Waals surface area contributed by atoms with E-state index in [-0.39, 0.29) is 11.8 Å². The molecule has 1 amide bonds. The highest BCUT2D eigenvalue weighted by molar-refractivity contribution is 5.85. The van der Waals surface area contributed by atoms with Crippen molar-refractivity contribution in [3.05, 3.63) is 0 Å². The molecule has 0 radical (unpaired) electrons. The van der Waals surface area contributed by atoms with E-state index in [1.165, 1.54) is 0 Å². The zero-order valence-corrected chi connectivity index (χ0v) is 12.7. The molecule has 0 spiro atoms. The molecule has 1 N–H and O–H groups in total. The number of ether oxygens (including phenoxy) is 1. The molecule has 2 aliphatic carbocycles. The van der Waals surface area contributed by atoms with Gasteiger partial charge in [-0.2, -0.15) is 0 Å². The Hall–Kier alpha value is -1.10. The van der Waals surface area contributed by atoms with Crippen LogP contribution in [0.3, 0.4) is 0 Å². The lowest BCUT2D eigenvalue weighted by molar-refractivity contribution is -0.150. The Kier molecular flexibility index (Phi) is 4.20. The van der Waals surface area contributed by atoms with Gasteiger partial charge >= 0.3 is 5.97 Å². The number of hydrogen-bond acceptors (Lipinski definition) is 3. The van der Waals surface area contributed by atoms with Crippen LogP contribution in [0.1, 0.15) is 45.4 Å². The lowest BCUT2D eigenvalue weighted by Gasteiger charge is -2.36. The molecule has 3 unspecified atom stereocenters. The first-order chi connectivity index (χ1) is 10.1. The molecule has 0 aromatic heterocycles. The molecule has 1 heterocycles. The summed E-state index contributed by atoms with van der Waals surface area (Å²) in [6.07, 6.45) is 5.83. The van der Waals surface area contributed by atoms with Crippen molar-refractivity contribution in [2.45, 2.75) is 57.6 Å². The monoisotopic (exact) mass is 295 g/mol. The summed E-state index contributed by atoms with van der Waals surface area (Å²) in [5, 5.41) is 9.48. The Morgan fingerprint density at radius 2 is 2.05 bits per heavy atom. The van der Waals surface area contributed by atoms with Crippen molar-refractivity contribution in [1.82, 2.24) is 4.90 Å². The molecule has 21 heavy (non-hydrogen) atoms. The van der Waals surface area contributed by atoms with Gasteiger partial charge in [-0.05, 0) is 50.4 Å². The summed E-state index contributed by atoms with van der Waals surface area (Å²) in [4.78, 5) is 25.7. The first-order valence-corrected chi connectivity index (χ1v) is 8.24. The summed E-state index contributed by atoms with van der Waals surface area (Å²) in [6, 6.07) is -0.576. The van der Waals surface area contributed by atoms with E-state index in [9.17, 15) is 14.7 Å². The van der Waals surface area contributed by atoms with Crippen LogP contribution < -0.4 is 0 Å². The molecule has 0 aromatic rings. The summed E-state index contributed by atoms with van der Waals surface area (Å²) in [5.74, 6) is 0.191. The van der Waals surface area contributed by atoms with Crippen molar-refractivity contribution in [3.8, 4) is 0 Å². The second-order valence-electron chi connectivity index (χ2n) is 6.80. The van der Waals surface area contributed by atoms with Crippen LogP contribution in [-0.4, -0.2) is 47.2 Å². The number of rotatable bonds is 5. The Balaban J connectivity index is 1.56. The number of aliphatic carboxylic acids is 1. The summed E-state index contributed by atoms with van der Waals surface area (Å²) in [7, 11) is 0. The van der Waals surface area contributed by atoms with Crippen LogP contribution in [-0.2, 0) is 14.3 Å². The third-order valence-corrected chi connectivity index (χ3v) is 5.52. The van der Waals surface area contributed by atoms with Gasteiger partial charge in [-0.15, -0.1) is 0 Å². The molecular weight excluding hydrogens is 270 g/mol. The minimum absolute atomic E-state index is 0.0387. The van der Waals surface area contributed by atoms with E-state index < -0.39 is 12.0 Å². The fourth-order valence-electron chi connectivity index (χ4n) is 4.46. The number of likely N-dealkylation sites (tertiary alicyclic amines) is 1. The average molecular weight is 295 g/mol. The second kappa shape index (κ2) is 5.95. The number of nitrogens with zero attached hydrogens (tertiary/aromatic N) is 1. The third-order valence-electron chi connectivity index (χ3n) is 5.52. The SMILES string of the molecule is CCOC1CC(CC(=O)N2CC3CCCC3C2C(=O)O)C1. The molecule has 3 fully saturated rings. The van der Waals surface area contributed by atoms with E-state index in [0.717, 1.165) is 38.7 Å². The number of carboxylic acid groups (broad SMARTS) is 1. The van der Waals surface area contributed by atoms with Crippen LogP contribution in [0.15, 0.2) is 0 Å². The van der Waals surface area contributed by atoms with E-state index in [0.29, 0.717) is 30.9 Å². The standard InChI is InChI=1S/C16H25NO4/c1-2-21-12-6-10(7-12)8-14(18)17-9-11-4-3-5-13(11)15(17)16(19)20/h10-13,15H,2-9H2,1H3,(H,19,20). The molecule has 5 heteroatoms. The molecular formula is C16H25NO4. The maximum atomic E-state index is 12.5. The fourth-order valence-corrected chi connectivity index (χ4v) is 4.46. The molecule has 1 aliphatic heterocycles. The van der Waals surface area contributed by atoms with Gasteiger partial charge in [0.05, 0.1) is 6.10 Å². The van der Waals surface area contributed by atoms with Crippen molar-refractivity contribution in [1.29, 1.82) is 0 Å². The molecule has 3 atom stereocenters. The molecule has 5 nitrogen and oxygen atoms in total. The molecule has 1 saturated heterocycles. The zero-order valence-electron chi connectivity index (χ0n) is 12.7. The number of carbonyl (C=O) groups is 2. The van der Waals surface area contributed by atoms with E-state index >= 15 is 0 Å². The van der Waals surface area contributed by atoms with Crippen LogP contribution in [0.5, 0.6) is 0 Å². The summed E-state index contributed by atoms with van der Waals surface area (Å²) < 4.78 is 5.52. The summed E-state index contributed by atoms with van der Waals surface area (Å²) in [5.41, 5.74) is 0. The molecule has 2 saturated carbocycles. The van der Waals surface area contributed by atoms with Crippen molar-refractivity contribution >= 4 is 11.9 Å². The minimum atomic E-state index is -0.821. The topological polar surface area (TPSA) is 66.8 Å². The maximum Gasteiger partial charge on any atom is 0.326 e. The van der Waals surface area contributed by atoms with E-state index in [1.54, 1.807) is 4.90 Å². The van der Waals surface area contributed by atoms with Gasteiger partial charge in [0, 0.05) is 19.6 Å². The Labute approximate surface area is 125 Å². The zero-order chi connectivity index (χ0) is 15.0. The number of carboxylic acids is 1. The summed E-state index contributed by atoms with van der Waals surface area (Å²) in [6.45, 7) is 3.36. The predicted molar refractivity (Wildman–Crippen MR) is 76.7 cm³/mol. The highest BCUT2D eigenvalue weighted by Crippen LogP contribution is 2.43.